The van der Waals surface area contributed by atoms with Crippen LogP contribution in [0.4, 0.5) is 24.0 Å². The summed E-state index contributed by atoms with van der Waals surface area (Å²) in [6.45, 7) is 1.64. The first-order valence-electron chi connectivity index (χ1n) is 9.17. The lowest BCUT2D eigenvalue weighted by Crippen LogP contribution is -2.30. The molecule has 0 bridgehead atoms. The number of amides is 1. The number of anilines is 2. The summed E-state index contributed by atoms with van der Waals surface area (Å²) in [5.41, 5.74) is 0.268. The maximum absolute atomic E-state index is 12.8. The third-order valence-corrected chi connectivity index (χ3v) is 5.82. The minimum absolute atomic E-state index is 0.0527. The van der Waals surface area contributed by atoms with E-state index >= 15 is 0 Å². The molecule has 1 aromatic carbocycles. The predicted octanol–water partition coefficient (Wildman–Crippen LogP) is 3.76. The van der Waals surface area contributed by atoms with Gasteiger partial charge in [0.15, 0.2) is 5.13 Å². The molecule has 1 amide bonds. The van der Waals surface area contributed by atoms with E-state index in [1.165, 1.54) is 6.07 Å². The first-order chi connectivity index (χ1) is 15.4. The van der Waals surface area contributed by atoms with E-state index in [2.05, 4.69) is 9.97 Å². The van der Waals surface area contributed by atoms with Crippen LogP contribution in [0.25, 0.3) is 0 Å². The number of rotatable bonds is 6. The Morgan fingerprint density at radius 1 is 1.21 bits per heavy atom. The number of aryl methyl sites for hydroxylation is 1. The van der Waals surface area contributed by atoms with Gasteiger partial charge in [-0.25, -0.2) is 18.1 Å². The number of halogens is 3. The van der Waals surface area contributed by atoms with Crippen molar-refractivity contribution >= 4 is 38.1 Å². The van der Waals surface area contributed by atoms with Crippen molar-refractivity contribution in [2.24, 2.45) is 0 Å². The Bertz CT molecular complexity index is 1310. The molecule has 13 heteroatoms. The number of sulfonamides is 1. The number of nitrogens with one attached hydrogen (secondary N) is 1. The van der Waals surface area contributed by atoms with Gasteiger partial charge in [-0.3, -0.25) is 9.78 Å². The van der Waals surface area contributed by atoms with Crippen LogP contribution >= 0.6 is 11.3 Å². The van der Waals surface area contributed by atoms with E-state index in [0.29, 0.717) is 26.8 Å². The van der Waals surface area contributed by atoms with Gasteiger partial charge in [0, 0.05) is 16.8 Å². The molecule has 8 nitrogen and oxygen atoms in total. The highest BCUT2D eigenvalue weighted by Gasteiger charge is 2.32. The van der Waals surface area contributed by atoms with Crippen molar-refractivity contribution in [3.63, 3.8) is 0 Å². The first-order valence-corrected chi connectivity index (χ1v) is 11.9. The average molecular weight is 496 g/mol. The van der Waals surface area contributed by atoms with Gasteiger partial charge in [-0.15, -0.1) is 11.3 Å². The number of aromatic nitrogens is 2. The third-order valence-electron chi connectivity index (χ3n) is 4.27. The van der Waals surface area contributed by atoms with Crippen molar-refractivity contribution in [2.45, 2.75) is 19.6 Å². The van der Waals surface area contributed by atoms with E-state index in [0.717, 1.165) is 29.9 Å². The molecular formula is C20H16F3N5O3S2. The summed E-state index contributed by atoms with van der Waals surface area (Å²) >= 11 is 1.10. The topological polar surface area (TPSA) is 116 Å². The lowest BCUT2D eigenvalue weighted by Gasteiger charge is -2.22. The molecule has 0 radical (unpaired) electrons. The fraction of sp³-hybridized carbons (Fsp3) is 0.200. The third kappa shape index (κ3) is 6.05. The van der Waals surface area contributed by atoms with Gasteiger partial charge in [0.25, 0.3) is 5.91 Å². The minimum atomic E-state index is -4.57. The van der Waals surface area contributed by atoms with Crippen LogP contribution in [-0.2, 0) is 22.7 Å². The van der Waals surface area contributed by atoms with Crippen LogP contribution < -0.4 is 9.62 Å². The number of benzene rings is 1. The fourth-order valence-electron chi connectivity index (χ4n) is 2.78. The highest BCUT2D eigenvalue weighted by Crippen LogP contribution is 2.34. The van der Waals surface area contributed by atoms with Crippen molar-refractivity contribution in [1.82, 2.24) is 14.7 Å². The number of alkyl halides is 3. The van der Waals surface area contributed by atoms with Gasteiger partial charge >= 0.3 is 6.18 Å². The van der Waals surface area contributed by atoms with E-state index < -0.39 is 27.8 Å². The number of nitriles is 1. The average Bonchev–Trinajstić information content (AvgIpc) is 3.12. The molecule has 0 fully saturated rings. The van der Waals surface area contributed by atoms with E-state index in [9.17, 15) is 26.4 Å². The molecule has 0 saturated heterocycles. The summed E-state index contributed by atoms with van der Waals surface area (Å²) < 4.78 is 63.2. The maximum atomic E-state index is 12.8. The number of hydrogen-bond donors (Lipinski definition) is 1. The summed E-state index contributed by atoms with van der Waals surface area (Å²) in [4.78, 5) is 22.1. The summed E-state index contributed by atoms with van der Waals surface area (Å²) in [7, 11) is -3.80. The summed E-state index contributed by atoms with van der Waals surface area (Å²) in [6.07, 6.45) is -2.63. The second-order valence-electron chi connectivity index (χ2n) is 6.90. The van der Waals surface area contributed by atoms with Crippen LogP contribution in [0.1, 0.15) is 32.2 Å². The van der Waals surface area contributed by atoms with E-state index in [4.69, 9.17) is 5.26 Å². The van der Waals surface area contributed by atoms with Gasteiger partial charge in [-0.1, -0.05) is 6.07 Å². The van der Waals surface area contributed by atoms with Crippen molar-refractivity contribution in [3.8, 4) is 6.07 Å². The van der Waals surface area contributed by atoms with E-state index in [1.54, 1.807) is 36.1 Å². The van der Waals surface area contributed by atoms with Crippen LogP contribution in [0.3, 0.4) is 0 Å². The number of hydrogen-bond acceptors (Lipinski definition) is 8. The molecule has 0 spiro atoms. The maximum Gasteiger partial charge on any atom is 0.433 e. The number of nitrogens with zero attached hydrogens (tertiary/aromatic N) is 4. The SMILES string of the molecule is Cc1sc(N(Cc2ccc(C(F)(F)F)nc2)c2ccc(C#N)cc2)nc1C(=O)NS(C)(=O)=O. The molecule has 0 unspecified atom stereocenters. The molecule has 1 N–H and O–H groups in total. The Balaban J connectivity index is 2.00. The van der Waals surface area contributed by atoms with Crippen molar-refractivity contribution < 1.29 is 26.4 Å². The fourth-order valence-corrected chi connectivity index (χ4v) is 4.14. The lowest BCUT2D eigenvalue weighted by atomic mass is 10.2. The standard InChI is InChI=1S/C20H16F3N5O3S2/c1-12-17(18(29)27-33(2,30)31)26-19(32-12)28(15-6-3-13(9-24)4-7-15)11-14-5-8-16(25-10-14)20(21,22)23/h3-8,10H,11H2,1-2H3,(H,27,29). The molecule has 2 aromatic heterocycles. The Morgan fingerprint density at radius 2 is 1.88 bits per heavy atom. The van der Waals surface area contributed by atoms with Gasteiger partial charge in [-0.05, 0) is 42.8 Å². The normalized spacial score (nSPS) is 11.6. The molecule has 2 heterocycles. The number of carbonyl (C=O) groups excluding carboxylic acids is 1. The molecular weight excluding hydrogens is 479 g/mol. The summed E-state index contributed by atoms with van der Waals surface area (Å²) in [5.74, 6) is -0.895. The molecule has 0 aliphatic rings. The minimum Gasteiger partial charge on any atom is -0.313 e. The van der Waals surface area contributed by atoms with Crippen LogP contribution in [0.5, 0.6) is 0 Å². The molecule has 172 valence electrons. The molecule has 0 aliphatic carbocycles. The zero-order valence-corrected chi connectivity index (χ0v) is 18.8. The van der Waals surface area contributed by atoms with Gasteiger partial charge < -0.3 is 4.90 Å². The molecule has 0 aliphatic heterocycles. The zero-order valence-electron chi connectivity index (χ0n) is 17.2. The predicted molar refractivity (Wildman–Crippen MR) is 115 cm³/mol. The Hall–Kier alpha value is -3.50. The van der Waals surface area contributed by atoms with Crippen LogP contribution in [0.2, 0.25) is 0 Å². The van der Waals surface area contributed by atoms with E-state index in [-0.39, 0.29) is 12.2 Å². The van der Waals surface area contributed by atoms with Crippen molar-refractivity contribution in [3.05, 3.63) is 70.0 Å². The van der Waals surface area contributed by atoms with Crippen LogP contribution in [-0.4, -0.2) is 30.5 Å². The second kappa shape index (κ2) is 9.16. The monoisotopic (exact) mass is 495 g/mol. The summed E-state index contributed by atoms with van der Waals surface area (Å²) in [5, 5.41) is 9.34. The van der Waals surface area contributed by atoms with Gasteiger partial charge in [-0.2, -0.15) is 18.4 Å². The number of carbonyl (C=O) groups is 1. The largest absolute Gasteiger partial charge is 0.433 e. The first kappa shape index (κ1) is 24.1. The Kier molecular flexibility index (Phi) is 6.71. The lowest BCUT2D eigenvalue weighted by molar-refractivity contribution is -0.141. The number of pyridine rings is 1. The van der Waals surface area contributed by atoms with Gasteiger partial charge in [0.2, 0.25) is 10.0 Å². The molecule has 33 heavy (non-hydrogen) atoms. The quantitative estimate of drug-likeness (QED) is 0.553. The summed E-state index contributed by atoms with van der Waals surface area (Å²) in [6, 6.07) is 10.5. The van der Waals surface area contributed by atoms with Gasteiger partial charge in [0.05, 0.1) is 24.4 Å². The highest BCUT2D eigenvalue weighted by atomic mass is 32.2. The van der Waals surface area contributed by atoms with Crippen LogP contribution in [0, 0.1) is 18.3 Å². The zero-order chi connectivity index (χ0) is 24.4. The molecule has 3 aromatic rings. The van der Waals surface area contributed by atoms with Crippen molar-refractivity contribution in [1.29, 1.82) is 5.26 Å². The molecule has 0 saturated carbocycles. The molecule has 0 atom stereocenters. The van der Waals surface area contributed by atoms with Crippen LogP contribution in [0.15, 0.2) is 42.6 Å². The smallest absolute Gasteiger partial charge is 0.313 e. The number of thiazole rings is 1. The Morgan fingerprint density at radius 3 is 2.39 bits per heavy atom. The van der Waals surface area contributed by atoms with Gasteiger partial charge in [0.1, 0.15) is 11.4 Å². The van der Waals surface area contributed by atoms with Crippen molar-refractivity contribution in [2.75, 3.05) is 11.2 Å². The second-order valence-corrected chi connectivity index (χ2v) is 9.83. The Labute approximate surface area is 191 Å². The highest BCUT2D eigenvalue weighted by molar-refractivity contribution is 7.89. The van der Waals surface area contributed by atoms with E-state index in [1.807, 2.05) is 10.8 Å². The molecule has 3 rings (SSSR count).